The predicted molar refractivity (Wildman–Crippen MR) is 122 cm³/mol. The third-order valence-electron chi connectivity index (χ3n) is 4.61. The Kier molecular flexibility index (Phi) is 7.11. The van der Waals surface area contributed by atoms with Gasteiger partial charge in [0.15, 0.2) is 0 Å². The molecule has 0 saturated carbocycles. The van der Waals surface area contributed by atoms with Gasteiger partial charge in [0.1, 0.15) is 6.04 Å². The number of hydrogen-bond donors (Lipinski definition) is 4. The molecular formula is C23H23N3O5S. The molecule has 0 spiro atoms. The average molecular weight is 454 g/mol. The third kappa shape index (κ3) is 6.32. The fourth-order valence-electron chi connectivity index (χ4n) is 2.93. The van der Waals surface area contributed by atoms with E-state index >= 15 is 0 Å². The van der Waals surface area contributed by atoms with Crippen LogP contribution in [0.3, 0.4) is 0 Å². The number of sulfonamides is 1. The van der Waals surface area contributed by atoms with E-state index in [4.69, 9.17) is 0 Å². The summed E-state index contributed by atoms with van der Waals surface area (Å²) in [5, 5.41) is 14.4. The van der Waals surface area contributed by atoms with E-state index in [0.29, 0.717) is 11.4 Å². The number of benzene rings is 3. The third-order valence-corrected chi connectivity index (χ3v) is 6.01. The fourth-order valence-corrected chi connectivity index (χ4v) is 3.99. The predicted octanol–water partition coefficient (Wildman–Crippen LogP) is 3.61. The number of rotatable bonds is 8. The van der Waals surface area contributed by atoms with Crippen LogP contribution in [0.15, 0.2) is 83.8 Å². The van der Waals surface area contributed by atoms with Gasteiger partial charge in [-0.1, -0.05) is 48.0 Å². The highest BCUT2D eigenvalue weighted by Gasteiger charge is 2.20. The molecular weight excluding hydrogens is 430 g/mol. The first kappa shape index (κ1) is 22.8. The van der Waals surface area contributed by atoms with Gasteiger partial charge in [0.25, 0.3) is 10.0 Å². The minimum atomic E-state index is -3.74. The number of carboxylic acid groups (broad SMARTS) is 1. The number of amides is 2. The molecule has 9 heteroatoms. The number of aliphatic carboxylic acids is 1. The maximum absolute atomic E-state index is 12.5. The van der Waals surface area contributed by atoms with Crippen LogP contribution in [0.5, 0.6) is 0 Å². The first-order valence-corrected chi connectivity index (χ1v) is 11.2. The second-order valence-corrected chi connectivity index (χ2v) is 8.86. The van der Waals surface area contributed by atoms with E-state index in [1.165, 1.54) is 36.4 Å². The summed E-state index contributed by atoms with van der Waals surface area (Å²) in [6, 6.07) is 19.7. The van der Waals surface area contributed by atoms with Gasteiger partial charge in [0, 0.05) is 17.8 Å². The van der Waals surface area contributed by atoms with E-state index in [1.54, 1.807) is 36.4 Å². The van der Waals surface area contributed by atoms with Gasteiger partial charge in [-0.2, -0.15) is 0 Å². The molecule has 32 heavy (non-hydrogen) atoms. The molecule has 3 rings (SSSR count). The standard InChI is InChI=1S/C23H23N3O5S/c1-16-7-13-20(14-8-16)32(30,31)26-19-11-9-18(10-12-19)24-23(29)25-21(22(27)28)15-17-5-3-2-4-6-17/h2-14,21,26H,15H2,1H3,(H,27,28)(H2,24,25,29). The second-order valence-electron chi connectivity index (χ2n) is 7.17. The zero-order valence-electron chi connectivity index (χ0n) is 17.3. The molecule has 0 aliphatic rings. The van der Waals surface area contributed by atoms with Crippen molar-refractivity contribution in [2.75, 3.05) is 10.0 Å². The van der Waals surface area contributed by atoms with E-state index in [1.807, 2.05) is 13.0 Å². The molecule has 1 atom stereocenters. The molecule has 0 saturated heterocycles. The van der Waals surface area contributed by atoms with Crippen molar-refractivity contribution in [2.24, 2.45) is 0 Å². The quantitative estimate of drug-likeness (QED) is 0.415. The Morgan fingerprint density at radius 3 is 2.06 bits per heavy atom. The zero-order valence-corrected chi connectivity index (χ0v) is 18.1. The Labute approximate surface area is 186 Å². The SMILES string of the molecule is Cc1ccc(S(=O)(=O)Nc2ccc(NC(=O)NC(Cc3ccccc3)C(=O)O)cc2)cc1. The van der Waals surface area contributed by atoms with Gasteiger partial charge >= 0.3 is 12.0 Å². The lowest BCUT2D eigenvalue weighted by atomic mass is 10.1. The monoisotopic (exact) mass is 453 g/mol. The van der Waals surface area contributed by atoms with E-state index in [0.717, 1.165) is 11.1 Å². The molecule has 0 aliphatic carbocycles. The van der Waals surface area contributed by atoms with Crippen molar-refractivity contribution in [3.8, 4) is 0 Å². The Morgan fingerprint density at radius 2 is 1.47 bits per heavy atom. The lowest BCUT2D eigenvalue weighted by molar-refractivity contribution is -0.139. The summed E-state index contributed by atoms with van der Waals surface area (Å²) in [6.07, 6.45) is 0.142. The van der Waals surface area contributed by atoms with Crippen LogP contribution in [-0.4, -0.2) is 31.6 Å². The normalized spacial score (nSPS) is 11.9. The van der Waals surface area contributed by atoms with Crippen LogP contribution in [0.4, 0.5) is 16.2 Å². The van der Waals surface area contributed by atoms with E-state index in [9.17, 15) is 23.1 Å². The molecule has 0 bridgehead atoms. The molecule has 166 valence electrons. The van der Waals surface area contributed by atoms with Gasteiger partial charge in [-0.25, -0.2) is 18.0 Å². The highest BCUT2D eigenvalue weighted by Crippen LogP contribution is 2.19. The number of hydrogen-bond acceptors (Lipinski definition) is 4. The summed E-state index contributed by atoms with van der Waals surface area (Å²) >= 11 is 0. The summed E-state index contributed by atoms with van der Waals surface area (Å²) < 4.78 is 27.4. The summed E-state index contributed by atoms with van der Waals surface area (Å²) in [7, 11) is -3.74. The Balaban J connectivity index is 1.60. The van der Waals surface area contributed by atoms with Crippen molar-refractivity contribution in [2.45, 2.75) is 24.3 Å². The van der Waals surface area contributed by atoms with Crippen LogP contribution in [-0.2, 0) is 21.2 Å². The lowest BCUT2D eigenvalue weighted by Gasteiger charge is -2.15. The molecule has 3 aromatic rings. The van der Waals surface area contributed by atoms with Crippen LogP contribution in [0.25, 0.3) is 0 Å². The van der Waals surface area contributed by atoms with Crippen LogP contribution in [0, 0.1) is 6.92 Å². The minimum Gasteiger partial charge on any atom is -0.480 e. The largest absolute Gasteiger partial charge is 0.480 e. The van der Waals surface area contributed by atoms with Gasteiger partial charge in [0.05, 0.1) is 4.90 Å². The Hall–Kier alpha value is -3.85. The zero-order chi connectivity index (χ0) is 23.1. The molecule has 4 N–H and O–H groups in total. The summed E-state index contributed by atoms with van der Waals surface area (Å²) in [4.78, 5) is 23.9. The van der Waals surface area contributed by atoms with Crippen molar-refractivity contribution in [1.82, 2.24) is 5.32 Å². The Morgan fingerprint density at radius 1 is 0.875 bits per heavy atom. The van der Waals surface area contributed by atoms with Gasteiger partial charge in [-0.15, -0.1) is 0 Å². The van der Waals surface area contributed by atoms with E-state index in [-0.39, 0.29) is 11.3 Å². The van der Waals surface area contributed by atoms with Crippen molar-refractivity contribution < 1.29 is 23.1 Å². The van der Waals surface area contributed by atoms with Gasteiger partial charge in [-0.05, 0) is 48.9 Å². The highest BCUT2D eigenvalue weighted by molar-refractivity contribution is 7.92. The Bertz CT molecular complexity index is 1180. The smallest absolute Gasteiger partial charge is 0.326 e. The van der Waals surface area contributed by atoms with Gasteiger partial charge in [-0.3, -0.25) is 4.72 Å². The fraction of sp³-hybridized carbons (Fsp3) is 0.130. The molecule has 0 fully saturated rings. The average Bonchev–Trinajstić information content (AvgIpc) is 2.75. The molecule has 0 radical (unpaired) electrons. The maximum atomic E-state index is 12.5. The topological polar surface area (TPSA) is 125 Å². The van der Waals surface area contributed by atoms with Crippen molar-refractivity contribution in [1.29, 1.82) is 0 Å². The number of urea groups is 1. The molecule has 0 aromatic heterocycles. The van der Waals surface area contributed by atoms with Crippen LogP contribution in [0.2, 0.25) is 0 Å². The van der Waals surface area contributed by atoms with Crippen molar-refractivity contribution in [3.63, 3.8) is 0 Å². The lowest BCUT2D eigenvalue weighted by Crippen LogP contribution is -2.44. The molecule has 3 aromatic carbocycles. The van der Waals surface area contributed by atoms with Crippen LogP contribution < -0.4 is 15.4 Å². The number of nitrogens with one attached hydrogen (secondary N) is 3. The van der Waals surface area contributed by atoms with Crippen LogP contribution >= 0.6 is 0 Å². The number of anilines is 2. The highest BCUT2D eigenvalue weighted by atomic mass is 32.2. The van der Waals surface area contributed by atoms with Crippen LogP contribution in [0.1, 0.15) is 11.1 Å². The number of carbonyl (C=O) groups excluding carboxylic acids is 1. The summed E-state index contributed by atoms with van der Waals surface area (Å²) in [6.45, 7) is 1.87. The van der Waals surface area contributed by atoms with E-state index in [2.05, 4.69) is 15.4 Å². The molecule has 8 nitrogen and oxygen atoms in total. The minimum absolute atomic E-state index is 0.141. The molecule has 1 unspecified atom stereocenters. The summed E-state index contributed by atoms with van der Waals surface area (Å²) in [5.74, 6) is -1.15. The summed E-state index contributed by atoms with van der Waals surface area (Å²) in [5.41, 5.74) is 2.44. The second kappa shape index (κ2) is 9.97. The molecule has 0 aliphatic heterocycles. The molecule has 0 heterocycles. The first-order chi connectivity index (χ1) is 15.2. The van der Waals surface area contributed by atoms with Gasteiger partial charge < -0.3 is 15.7 Å². The number of aryl methyl sites for hydroxylation is 1. The molecule has 2 amide bonds. The van der Waals surface area contributed by atoms with E-state index < -0.39 is 28.1 Å². The maximum Gasteiger partial charge on any atom is 0.326 e. The van der Waals surface area contributed by atoms with Gasteiger partial charge in [0.2, 0.25) is 0 Å². The van der Waals surface area contributed by atoms with Crippen molar-refractivity contribution >= 4 is 33.4 Å². The number of carboxylic acids is 1. The van der Waals surface area contributed by atoms with Crippen molar-refractivity contribution in [3.05, 3.63) is 90.0 Å². The first-order valence-electron chi connectivity index (χ1n) is 9.77. The number of carbonyl (C=O) groups is 2.